The smallest absolute Gasteiger partial charge is 0.328 e. The van der Waals surface area contributed by atoms with Crippen molar-refractivity contribution in [2.75, 3.05) is 13.7 Å². The maximum absolute atomic E-state index is 11.8. The number of carbonyl (C=O) groups is 2. The van der Waals surface area contributed by atoms with Gasteiger partial charge in [-0.3, -0.25) is 4.79 Å². The third-order valence-corrected chi connectivity index (χ3v) is 3.06. The van der Waals surface area contributed by atoms with E-state index in [1.54, 1.807) is 6.07 Å². The Labute approximate surface area is 117 Å². The Balaban J connectivity index is 2.80. The summed E-state index contributed by atoms with van der Waals surface area (Å²) in [5, 5.41) is 20.6. The molecule has 98 valence electrons. The molecule has 0 aliphatic heterocycles. The number of amides is 1. The average molecular weight is 365 g/mol. The summed E-state index contributed by atoms with van der Waals surface area (Å²) in [5.74, 6) is -1.78. The number of aliphatic carboxylic acids is 1. The molecule has 1 unspecified atom stereocenters. The molecule has 3 N–H and O–H groups in total. The van der Waals surface area contributed by atoms with Crippen molar-refractivity contribution in [3.8, 4) is 5.75 Å². The average Bonchev–Trinajstić information content (AvgIpc) is 2.31. The molecule has 0 fully saturated rings. The number of carbonyl (C=O) groups excluding carboxylic acids is 1. The monoisotopic (exact) mass is 365 g/mol. The molecule has 1 atom stereocenters. The summed E-state index contributed by atoms with van der Waals surface area (Å²) in [6.07, 6.45) is 0. The molecule has 0 aliphatic carbocycles. The molecule has 0 aliphatic rings. The van der Waals surface area contributed by atoms with E-state index in [0.717, 1.165) is 0 Å². The van der Waals surface area contributed by atoms with Crippen molar-refractivity contribution in [2.45, 2.75) is 6.04 Å². The van der Waals surface area contributed by atoms with Crippen LogP contribution in [0.5, 0.6) is 5.75 Å². The van der Waals surface area contributed by atoms with Crippen molar-refractivity contribution in [3.63, 3.8) is 0 Å². The first-order chi connectivity index (χ1) is 8.45. The lowest BCUT2D eigenvalue weighted by atomic mass is 10.2. The Morgan fingerprint density at radius 3 is 2.67 bits per heavy atom. The van der Waals surface area contributed by atoms with E-state index in [1.165, 1.54) is 19.2 Å². The van der Waals surface area contributed by atoms with Gasteiger partial charge in [0.2, 0.25) is 0 Å². The molecule has 1 aromatic rings. The molecule has 0 saturated heterocycles. The van der Waals surface area contributed by atoms with Crippen molar-refractivity contribution in [1.29, 1.82) is 0 Å². The molecule has 0 spiro atoms. The normalized spacial score (nSPS) is 11.9. The van der Waals surface area contributed by atoms with Gasteiger partial charge in [-0.2, -0.15) is 0 Å². The summed E-state index contributed by atoms with van der Waals surface area (Å²) in [7, 11) is 1.35. The van der Waals surface area contributed by atoms with Crippen molar-refractivity contribution in [1.82, 2.24) is 5.32 Å². The van der Waals surface area contributed by atoms with Crippen molar-refractivity contribution in [3.05, 3.63) is 27.3 Å². The summed E-state index contributed by atoms with van der Waals surface area (Å²) in [4.78, 5) is 22.6. The second-order valence-electron chi connectivity index (χ2n) is 3.49. The van der Waals surface area contributed by atoms with Gasteiger partial charge in [0, 0.05) is 12.7 Å². The van der Waals surface area contributed by atoms with Crippen LogP contribution in [-0.2, 0) is 9.53 Å². The molecule has 0 radical (unpaired) electrons. The van der Waals surface area contributed by atoms with Gasteiger partial charge in [-0.05, 0) is 40.8 Å². The lowest BCUT2D eigenvalue weighted by Gasteiger charge is -2.13. The largest absolute Gasteiger partial charge is 0.507 e. The highest BCUT2D eigenvalue weighted by Gasteiger charge is 2.20. The van der Waals surface area contributed by atoms with Crippen LogP contribution in [0.4, 0.5) is 0 Å². The molecule has 0 saturated carbocycles. The predicted molar refractivity (Wildman–Crippen MR) is 71.6 cm³/mol. The van der Waals surface area contributed by atoms with E-state index in [1.807, 2.05) is 22.6 Å². The lowest BCUT2D eigenvalue weighted by Crippen LogP contribution is -2.43. The number of nitrogens with one attached hydrogen (secondary N) is 1. The predicted octanol–water partition coefficient (Wildman–Crippen LogP) is 0.826. The molecule has 0 heterocycles. The zero-order chi connectivity index (χ0) is 13.7. The highest BCUT2D eigenvalue weighted by molar-refractivity contribution is 14.1. The fraction of sp³-hybridized carbons (Fsp3) is 0.273. The minimum absolute atomic E-state index is 0.0260. The van der Waals surface area contributed by atoms with Crippen molar-refractivity contribution >= 4 is 34.5 Å². The third-order valence-electron chi connectivity index (χ3n) is 2.15. The summed E-state index contributed by atoms with van der Waals surface area (Å²) < 4.78 is 5.31. The van der Waals surface area contributed by atoms with Crippen LogP contribution in [0.1, 0.15) is 10.4 Å². The Hall–Kier alpha value is -1.35. The highest BCUT2D eigenvalue weighted by Crippen LogP contribution is 2.20. The zero-order valence-corrected chi connectivity index (χ0v) is 11.7. The van der Waals surface area contributed by atoms with Crippen LogP contribution in [0.2, 0.25) is 0 Å². The Morgan fingerprint density at radius 2 is 2.17 bits per heavy atom. The number of carboxylic acids is 1. The summed E-state index contributed by atoms with van der Waals surface area (Å²) >= 11 is 1.92. The van der Waals surface area contributed by atoms with Gasteiger partial charge in [0.1, 0.15) is 5.75 Å². The van der Waals surface area contributed by atoms with E-state index in [0.29, 0.717) is 3.57 Å². The first-order valence-electron chi connectivity index (χ1n) is 4.96. The fourth-order valence-electron chi connectivity index (χ4n) is 1.24. The molecule has 1 amide bonds. The molecule has 0 aromatic heterocycles. The lowest BCUT2D eigenvalue weighted by molar-refractivity contribution is -0.140. The number of hydrogen-bond donors (Lipinski definition) is 3. The van der Waals surface area contributed by atoms with E-state index >= 15 is 0 Å². The Bertz CT molecular complexity index is 463. The third kappa shape index (κ3) is 3.84. The second kappa shape index (κ2) is 6.55. The SMILES string of the molecule is COCC(NC(=O)c1ccc(I)c(O)c1)C(=O)O. The van der Waals surface area contributed by atoms with Gasteiger partial charge in [0.25, 0.3) is 5.91 Å². The fourth-order valence-corrected chi connectivity index (χ4v) is 1.57. The number of benzene rings is 1. The molecule has 0 bridgehead atoms. The van der Waals surface area contributed by atoms with E-state index in [4.69, 9.17) is 9.84 Å². The number of halogens is 1. The van der Waals surface area contributed by atoms with Gasteiger partial charge in [-0.15, -0.1) is 0 Å². The van der Waals surface area contributed by atoms with Crippen LogP contribution in [-0.4, -0.2) is 41.8 Å². The zero-order valence-electron chi connectivity index (χ0n) is 9.51. The highest BCUT2D eigenvalue weighted by atomic mass is 127. The van der Waals surface area contributed by atoms with Gasteiger partial charge >= 0.3 is 5.97 Å². The van der Waals surface area contributed by atoms with Gasteiger partial charge in [-0.25, -0.2) is 4.79 Å². The molecular formula is C11H12INO5. The first kappa shape index (κ1) is 14.7. The van der Waals surface area contributed by atoms with Gasteiger partial charge < -0.3 is 20.3 Å². The summed E-state index contributed by atoms with van der Waals surface area (Å²) in [6.45, 7) is -0.128. The molecule has 1 rings (SSSR count). The van der Waals surface area contributed by atoms with E-state index in [-0.39, 0.29) is 17.9 Å². The number of methoxy groups -OCH3 is 1. The number of phenols is 1. The minimum atomic E-state index is -1.18. The topological polar surface area (TPSA) is 95.9 Å². The minimum Gasteiger partial charge on any atom is -0.507 e. The van der Waals surface area contributed by atoms with E-state index in [9.17, 15) is 14.7 Å². The quantitative estimate of drug-likeness (QED) is 0.672. The van der Waals surface area contributed by atoms with Crippen LogP contribution >= 0.6 is 22.6 Å². The molecule has 7 heteroatoms. The Kier molecular flexibility index (Phi) is 5.35. The van der Waals surface area contributed by atoms with Crippen LogP contribution in [0.25, 0.3) is 0 Å². The van der Waals surface area contributed by atoms with E-state index < -0.39 is 17.9 Å². The van der Waals surface area contributed by atoms with Gasteiger partial charge in [0.15, 0.2) is 6.04 Å². The molecular weight excluding hydrogens is 353 g/mol. The number of rotatable bonds is 5. The van der Waals surface area contributed by atoms with Crippen LogP contribution in [0, 0.1) is 3.57 Å². The number of carboxylic acid groups (broad SMARTS) is 1. The Morgan fingerprint density at radius 1 is 1.50 bits per heavy atom. The maximum atomic E-state index is 11.8. The summed E-state index contributed by atoms with van der Waals surface area (Å²) in [6, 6.07) is 3.23. The van der Waals surface area contributed by atoms with Crippen LogP contribution in [0.15, 0.2) is 18.2 Å². The summed E-state index contributed by atoms with van der Waals surface area (Å²) in [5.41, 5.74) is 0.190. The van der Waals surface area contributed by atoms with Crippen LogP contribution in [0.3, 0.4) is 0 Å². The number of hydrogen-bond acceptors (Lipinski definition) is 4. The number of aromatic hydroxyl groups is 1. The van der Waals surface area contributed by atoms with E-state index in [2.05, 4.69) is 5.32 Å². The van der Waals surface area contributed by atoms with Gasteiger partial charge in [-0.1, -0.05) is 0 Å². The molecule has 18 heavy (non-hydrogen) atoms. The standard InChI is InChI=1S/C11H12INO5/c1-18-5-8(11(16)17)13-10(15)6-2-3-7(12)9(14)4-6/h2-4,8,14H,5H2,1H3,(H,13,15)(H,16,17). The number of ether oxygens (including phenoxy) is 1. The van der Waals surface area contributed by atoms with Gasteiger partial charge in [0.05, 0.1) is 10.2 Å². The van der Waals surface area contributed by atoms with Crippen molar-refractivity contribution < 1.29 is 24.5 Å². The second-order valence-corrected chi connectivity index (χ2v) is 4.65. The molecule has 6 nitrogen and oxygen atoms in total. The first-order valence-corrected chi connectivity index (χ1v) is 6.04. The number of phenolic OH excluding ortho intramolecular Hbond substituents is 1. The van der Waals surface area contributed by atoms with Crippen LogP contribution < -0.4 is 5.32 Å². The van der Waals surface area contributed by atoms with Crippen molar-refractivity contribution in [2.24, 2.45) is 0 Å². The maximum Gasteiger partial charge on any atom is 0.328 e. The molecule has 1 aromatic carbocycles.